The van der Waals surface area contributed by atoms with Gasteiger partial charge in [0.1, 0.15) is 0 Å². The number of methoxy groups -OCH3 is 1. The Bertz CT molecular complexity index is 1700. The van der Waals surface area contributed by atoms with Crippen LogP contribution in [0.4, 0.5) is 5.69 Å². The van der Waals surface area contributed by atoms with Crippen molar-refractivity contribution in [2.45, 2.75) is 33.7 Å². The maximum absolute atomic E-state index is 13.8. The van der Waals surface area contributed by atoms with Gasteiger partial charge in [0.05, 0.1) is 40.5 Å². The highest BCUT2D eigenvalue weighted by molar-refractivity contribution is 7.07. The summed E-state index contributed by atoms with van der Waals surface area (Å²) >= 11 is 1.13. The van der Waals surface area contributed by atoms with E-state index in [0.717, 1.165) is 11.3 Å². The van der Waals surface area contributed by atoms with Crippen LogP contribution in [0.1, 0.15) is 44.9 Å². The number of carbonyl (C=O) groups excluding carboxylic acids is 2. The van der Waals surface area contributed by atoms with Gasteiger partial charge in [-0.25, -0.2) is 9.79 Å². The smallest absolute Gasteiger partial charge is 0.338 e. The molecule has 40 heavy (non-hydrogen) atoms. The van der Waals surface area contributed by atoms with Crippen LogP contribution in [-0.4, -0.2) is 35.1 Å². The highest BCUT2D eigenvalue weighted by Gasteiger charge is 2.34. The summed E-state index contributed by atoms with van der Waals surface area (Å²) in [5, 5.41) is 11.0. The molecule has 208 valence electrons. The summed E-state index contributed by atoms with van der Waals surface area (Å²) in [6, 6.07) is 9.69. The Morgan fingerprint density at radius 2 is 1.88 bits per heavy atom. The Labute approximate surface area is 232 Å². The van der Waals surface area contributed by atoms with Gasteiger partial charge in [-0.15, -0.1) is 0 Å². The average molecular weight is 566 g/mol. The number of carbonyl (C=O) groups is 2. The lowest BCUT2D eigenvalue weighted by molar-refractivity contribution is -0.384. The molecule has 1 aliphatic rings. The number of non-ortho nitro benzene ring substituents is 1. The Morgan fingerprint density at radius 1 is 1.18 bits per heavy atom. The molecule has 4 rings (SSSR count). The Morgan fingerprint density at radius 3 is 2.48 bits per heavy atom. The first-order chi connectivity index (χ1) is 19.0. The van der Waals surface area contributed by atoms with Gasteiger partial charge in [-0.3, -0.25) is 24.3 Å². The minimum absolute atomic E-state index is 0.0649. The molecule has 0 radical (unpaired) electrons. The largest absolute Gasteiger partial charge is 0.493 e. The highest BCUT2D eigenvalue weighted by Crippen LogP contribution is 2.36. The van der Waals surface area contributed by atoms with E-state index in [2.05, 4.69) is 4.99 Å². The molecule has 1 aromatic heterocycles. The van der Waals surface area contributed by atoms with Crippen molar-refractivity contribution in [1.29, 1.82) is 0 Å². The van der Waals surface area contributed by atoms with Crippen molar-refractivity contribution in [3.8, 4) is 11.5 Å². The molecule has 0 fully saturated rings. The molecule has 2 aromatic carbocycles. The summed E-state index contributed by atoms with van der Waals surface area (Å²) in [6.45, 7) is 6.96. The van der Waals surface area contributed by atoms with Gasteiger partial charge in [0.2, 0.25) is 0 Å². The molecule has 2 heterocycles. The van der Waals surface area contributed by atoms with Gasteiger partial charge in [0, 0.05) is 19.1 Å². The summed E-state index contributed by atoms with van der Waals surface area (Å²) in [6.07, 6.45) is 1.62. The number of hydrogen-bond acceptors (Lipinski definition) is 10. The molecule has 1 unspecified atom stereocenters. The van der Waals surface area contributed by atoms with E-state index in [9.17, 15) is 24.5 Å². The summed E-state index contributed by atoms with van der Waals surface area (Å²) in [7, 11) is 1.42. The van der Waals surface area contributed by atoms with Crippen molar-refractivity contribution in [1.82, 2.24) is 4.57 Å². The molecule has 0 saturated heterocycles. The molecule has 3 aromatic rings. The summed E-state index contributed by atoms with van der Waals surface area (Å²) in [5.41, 5.74) is 1.22. The van der Waals surface area contributed by atoms with Crippen LogP contribution in [0.3, 0.4) is 0 Å². The minimum atomic E-state index is -0.907. The molecule has 0 bridgehead atoms. The number of ether oxygens (including phenoxy) is 3. The zero-order chi connectivity index (χ0) is 29.1. The average Bonchev–Trinajstić information content (AvgIpc) is 3.20. The molecule has 1 atom stereocenters. The predicted molar refractivity (Wildman–Crippen MR) is 147 cm³/mol. The number of esters is 2. The van der Waals surface area contributed by atoms with E-state index in [1.807, 2.05) is 13.8 Å². The van der Waals surface area contributed by atoms with Gasteiger partial charge < -0.3 is 14.2 Å². The zero-order valence-electron chi connectivity index (χ0n) is 22.5. The quantitative estimate of drug-likeness (QED) is 0.176. The lowest BCUT2D eigenvalue weighted by atomic mass is 9.95. The Hall–Kier alpha value is -4.58. The molecule has 12 heteroatoms. The third-order valence-corrected chi connectivity index (χ3v) is 6.93. The van der Waals surface area contributed by atoms with Crippen LogP contribution in [0.15, 0.2) is 63.5 Å². The van der Waals surface area contributed by atoms with Gasteiger partial charge in [0.15, 0.2) is 16.3 Å². The fraction of sp³-hybridized carbons (Fsp3) is 0.286. The third-order valence-electron chi connectivity index (χ3n) is 5.95. The molecule has 0 aliphatic carbocycles. The molecule has 0 spiro atoms. The monoisotopic (exact) mass is 565 g/mol. The maximum atomic E-state index is 13.8. The van der Waals surface area contributed by atoms with Crippen LogP contribution in [0.2, 0.25) is 0 Å². The van der Waals surface area contributed by atoms with E-state index in [-0.39, 0.29) is 35.3 Å². The Balaban J connectivity index is 1.90. The second-order valence-electron chi connectivity index (χ2n) is 9.43. The third kappa shape index (κ3) is 5.86. The number of nitro benzene ring substituents is 1. The van der Waals surface area contributed by atoms with E-state index < -0.39 is 28.5 Å². The minimum Gasteiger partial charge on any atom is -0.493 e. The topological polar surface area (TPSA) is 139 Å². The first-order valence-corrected chi connectivity index (χ1v) is 13.1. The normalized spacial score (nSPS) is 14.9. The van der Waals surface area contributed by atoms with Crippen LogP contribution in [-0.2, 0) is 14.3 Å². The standard InChI is InChI=1S/C28H27N3O8S/c1-15(2)14-38-27(34)24-16(3)29-28-30(25(24)19-8-11-21(39-17(4)32)22(13-19)37-5)26(33)23(40-28)12-18-6-9-20(10-7-18)31(35)36/h6-13,15,25H,14H2,1-5H3. The second kappa shape index (κ2) is 11.7. The molecular weight excluding hydrogens is 538 g/mol. The van der Waals surface area contributed by atoms with Gasteiger partial charge in [-0.05, 0) is 54.3 Å². The van der Waals surface area contributed by atoms with Crippen LogP contribution in [0.25, 0.3) is 6.08 Å². The van der Waals surface area contributed by atoms with Crippen molar-refractivity contribution in [3.05, 3.63) is 94.7 Å². The van der Waals surface area contributed by atoms with Crippen molar-refractivity contribution in [2.24, 2.45) is 10.9 Å². The number of rotatable bonds is 8. The molecule has 1 aliphatic heterocycles. The number of fused-ring (bicyclic) bond motifs is 1. The van der Waals surface area contributed by atoms with E-state index >= 15 is 0 Å². The molecule has 0 N–H and O–H groups in total. The zero-order valence-corrected chi connectivity index (χ0v) is 23.3. The predicted octanol–water partition coefficient (Wildman–Crippen LogP) is 3.28. The van der Waals surface area contributed by atoms with Crippen molar-refractivity contribution in [3.63, 3.8) is 0 Å². The van der Waals surface area contributed by atoms with E-state index in [1.54, 1.807) is 37.3 Å². The fourth-order valence-electron chi connectivity index (χ4n) is 4.16. The van der Waals surface area contributed by atoms with Gasteiger partial charge in [-0.1, -0.05) is 31.3 Å². The number of allylic oxidation sites excluding steroid dienone is 1. The van der Waals surface area contributed by atoms with Crippen LogP contribution in [0, 0.1) is 16.0 Å². The van der Waals surface area contributed by atoms with Crippen LogP contribution in [0.5, 0.6) is 11.5 Å². The first-order valence-electron chi connectivity index (χ1n) is 12.3. The lowest BCUT2D eigenvalue weighted by Crippen LogP contribution is -2.40. The maximum Gasteiger partial charge on any atom is 0.338 e. The van der Waals surface area contributed by atoms with Crippen LogP contribution < -0.4 is 24.4 Å². The number of aromatic nitrogens is 1. The number of nitrogens with zero attached hydrogens (tertiary/aromatic N) is 3. The SMILES string of the molecule is COc1cc(C2C(C(=O)OCC(C)C)=C(C)N=c3sc(=Cc4ccc([N+](=O)[O-])cc4)c(=O)n32)ccc1OC(C)=O. The number of thiazole rings is 1. The molecule has 0 saturated carbocycles. The fourth-order valence-corrected chi connectivity index (χ4v) is 5.20. The van der Waals surface area contributed by atoms with E-state index in [4.69, 9.17) is 14.2 Å². The van der Waals surface area contributed by atoms with Gasteiger partial charge in [0.25, 0.3) is 11.2 Å². The van der Waals surface area contributed by atoms with Crippen molar-refractivity contribution >= 4 is 35.0 Å². The summed E-state index contributed by atoms with van der Waals surface area (Å²) in [5.74, 6) is -0.611. The van der Waals surface area contributed by atoms with E-state index in [1.165, 1.54) is 36.8 Å². The molecule has 0 amide bonds. The van der Waals surface area contributed by atoms with Gasteiger partial charge >= 0.3 is 11.9 Å². The van der Waals surface area contributed by atoms with Gasteiger partial charge in [-0.2, -0.15) is 0 Å². The molecule has 11 nitrogen and oxygen atoms in total. The highest BCUT2D eigenvalue weighted by atomic mass is 32.1. The van der Waals surface area contributed by atoms with Crippen LogP contribution >= 0.6 is 11.3 Å². The van der Waals surface area contributed by atoms with Crippen molar-refractivity contribution < 1.29 is 28.7 Å². The number of nitro groups is 1. The Kier molecular flexibility index (Phi) is 8.29. The second-order valence-corrected chi connectivity index (χ2v) is 10.4. The first kappa shape index (κ1) is 28.4. The summed E-state index contributed by atoms with van der Waals surface area (Å²) < 4.78 is 18.0. The molecular formula is C28H27N3O8S. The number of benzene rings is 2. The lowest BCUT2D eigenvalue weighted by Gasteiger charge is -2.25. The van der Waals surface area contributed by atoms with Crippen molar-refractivity contribution in [2.75, 3.05) is 13.7 Å². The summed E-state index contributed by atoms with van der Waals surface area (Å²) in [4.78, 5) is 54.1. The number of hydrogen-bond donors (Lipinski definition) is 0. The van der Waals surface area contributed by atoms with E-state index in [0.29, 0.717) is 26.2 Å².